The summed E-state index contributed by atoms with van der Waals surface area (Å²) < 4.78 is 42.1. The number of carboxylic acid groups (broad SMARTS) is 1. The fourth-order valence-electron chi connectivity index (χ4n) is 4.17. The molecule has 0 radical (unpaired) electrons. The van der Waals surface area contributed by atoms with Crippen LogP contribution in [0.3, 0.4) is 0 Å². The van der Waals surface area contributed by atoms with Gasteiger partial charge in [-0.05, 0) is 60.4 Å². The maximum Gasteiger partial charge on any atom is 0.307 e. The molecule has 2 heterocycles. The normalized spacial score (nSPS) is 14.0. The van der Waals surface area contributed by atoms with E-state index in [9.17, 15) is 27.5 Å². The van der Waals surface area contributed by atoms with E-state index in [0.29, 0.717) is 19.5 Å². The minimum absolute atomic E-state index is 0.0324. The lowest BCUT2D eigenvalue weighted by Gasteiger charge is -2.28. The second-order valence-electron chi connectivity index (χ2n) is 7.69. The Balaban J connectivity index is 1.86. The maximum absolute atomic E-state index is 13.9. The molecule has 0 bridgehead atoms. The summed E-state index contributed by atoms with van der Waals surface area (Å²) in [5, 5.41) is 9.52. The van der Waals surface area contributed by atoms with Crippen molar-refractivity contribution >= 4 is 32.8 Å². The molecular weight excluding hydrogens is 423 g/mol. The van der Waals surface area contributed by atoms with Gasteiger partial charge in [0, 0.05) is 31.1 Å². The van der Waals surface area contributed by atoms with Crippen LogP contribution in [0, 0.1) is 12.7 Å². The number of carbonyl (C=O) groups is 2. The smallest absolute Gasteiger partial charge is 0.307 e. The maximum atomic E-state index is 13.9. The Kier molecular flexibility index (Phi) is 5.09. The van der Waals surface area contributed by atoms with Crippen LogP contribution in [-0.4, -0.2) is 40.8 Å². The summed E-state index contributed by atoms with van der Waals surface area (Å²) in [4.78, 5) is 24.7. The number of aliphatic carboxylic acids is 1. The van der Waals surface area contributed by atoms with E-state index >= 15 is 0 Å². The molecule has 7 nitrogen and oxygen atoms in total. The molecule has 0 spiro atoms. The van der Waals surface area contributed by atoms with Gasteiger partial charge in [0.2, 0.25) is 5.91 Å². The first kappa shape index (κ1) is 21.0. The van der Waals surface area contributed by atoms with Crippen LogP contribution < -0.4 is 0 Å². The van der Waals surface area contributed by atoms with Gasteiger partial charge in [-0.1, -0.05) is 6.07 Å². The molecule has 31 heavy (non-hydrogen) atoms. The van der Waals surface area contributed by atoms with E-state index in [1.165, 1.54) is 26.0 Å². The quantitative estimate of drug-likeness (QED) is 0.668. The lowest BCUT2D eigenvalue weighted by molar-refractivity contribution is -0.136. The van der Waals surface area contributed by atoms with Gasteiger partial charge in [-0.3, -0.25) is 9.59 Å². The highest BCUT2D eigenvalue weighted by molar-refractivity contribution is 7.90. The van der Waals surface area contributed by atoms with Gasteiger partial charge in [0.1, 0.15) is 5.82 Å². The first-order valence-electron chi connectivity index (χ1n) is 9.73. The summed E-state index contributed by atoms with van der Waals surface area (Å²) in [5.74, 6) is -1.74. The van der Waals surface area contributed by atoms with Crippen LogP contribution in [-0.2, 0) is 39.0 Å². The minimum atomic E-state index is -4.07. The van der Waals surface area contributed by atoms with Gasteiger partial charge in [-0.2, -0.15) is 0 Å². The molecule has 2 aromatic carbocycles. The zero-order valence-electron chi connectivity index (χ0n) is 17.1. The Morgan fingerprint density at radius 3 is 2.55 bits per heavy atom. The molecule has 0 fully saturated rings. The molecular formula is C22H21FN2O5S. The van der Waals surface area contributed by atoms with Crippen molar-refractivity contribution < 1.29 is 27.5 Å². The van der Waals surface area contributed by atoms with Crippen molar-refractivity contribution in [2.24, 2.45) is 0 Å². The van der Waals surface area contributed by atoms with E-state index < -0.39 is 28.2 Å². The van der Waals surface area contributed by atoms with E-state index in [-0.39, 0.29) is 33.0 Å². The average molecular weight is 444 g/mol. The molecule has 1 aliphatic heterocycles. The van der Waals surface area contributed by atoms with Gasteiger partial charge >= 0.3 is 5.97 Å². The predicted molar refractivity (Wildman–Crippen MR) is 112 cm³/mol. The monoisotopic (exact) mass is 444 g/mol. The van der Waals surface area contributed by atoms with Crippen molar-refractivity contribution in [3.8, 4) is 0 Å². The molecule has 0 saturated heterocycles. The minimum Gasteiger partial charge on any atom is -0.481 e. The summed E-state index contributed by atoms with van der Waals surface area (Å²) in [6.45, 7) is 3.97. The lowest BCUT2D eigenvalue weighted by atomic mass is 10.00. The molecule has 3 aromatic rings. The number of hydrogen-bond donors (Lipinski definition) is 1. The molecule has 9 heteroatoms. The van der Waals surface area contributed by atoms with Crippen LogP contribution >= 0.6 is 0 Å². The van der Waals surface area contributed by atoms with Crippen LogP contribution in [0.25, 0.3) is 10.9 Å². The van der Waals surface area contributed by atoms with Gasteiger partial charge in [-0.25, -0.2) is 16.8 Å². The number of aromatic nitrogens is 1. The van der Waals surface area contributed by atoms with Gasteiger partial charge in [-0.15, -0.1) is 0 Å². The summed E-state index contributed by atoms with van der Waals surface area (Å²) in [6.07, 6.45) is 0.124. The molecule has 1 aliphatic rings. The summed E-state index contributed by atoms with van der Waals surface area (Å²) in [5.41, 5.74) is 2.48. The number of carboxylic acids is 1. The largest absolute Gasteiger partial charge is 0.481 e. The standard InChI is InChI=1S/C22H21FN2O5S/c1-13-19(11-22(27)28)20-10-17(23)4-6-21(20)25(13)31(29,30)18-5-3-16-12-24(14(2)26)8-7-15(16)9-18/h3-6,9-10H,7-8,11-12H2,1-2H3,(H,27,28). The third kappa shape index (κ3) is 3.59. The summed E-state index contributed by atoms with van der Waals surface area (Å²) in [6, 6.07) is 8.47. The Hall–Kier alpha value is -3.20. The van der Waals surface area contributed by atoms with Crippen LogP contribution in [0.1, 0.15) is 29.3 Å². The van der Waals surface area contributed by atoms with Gasteiger partial charge in [0.05, 0.1) is 16.8 Å². The van der Waals surface area contributed by atoms with Crippen molar-refractivity contribution in [1.29, 1.82) is 0 Å². The Morgan fingerprint density at radius 2 is 1.87 bits per heavy atom. The number of nitrogens with zero attached hydrogens (tertiary/aromatic N) is 2. The van der Waals surface area contributed by atoms with Gasteiger partial charge in [0.15, 0.2) is 0 Å². The first-order chi connectivity index (χ1) is 14.6. The second kappa shape index (κ2) is 7.49. The fourth-order valence-corrected chi connectivity index (χ4v) is 5.80. The number of rotatable bonds is 4. The zero-order valence-corrected chi connectivity index (χ0v) is 17.9. The number of carbonyl (C=O) groups excluding carboxylic acids is 1. The fraction of sp³-hybridized carbons (Fsp3) is 0.273. The number of benzene rings is 2. The molecule has 4 rings (SSSR count). The van der Waals surface area contributed by atoms with E-state index in [4.69, 9.17) is 0 Å². The number of hydrogen-bond acceptors (Lipinski definition) is 4. The summed E-state index contributed by atoms with van der Waals surface area (Å²) in [7, 11) is -4.07. The number of fused-ring (bicyclic) bond motifs is 2. The number of halogens is 1. The first-order valence-corrected chi connectivity index (χ1v) is 11.2. The van der Waals surface area contributed by atoms with Crippen LogP contribution in [0.5, 0.6) is 0 Å². The van der Waals surface area contributed by atoms with Crippen molar-refractivity contribution in [3.63, 3.8) is 0 Å². The highest BCUT2D eigenvalue weighted by Gasteiger charge is 2.27. The van der Waals surface area contributed by atoms with Crippen LogP contribution in [0.15, 0.2) is 41.3 Å². The third-order valence-corrected chi connectivity index (χ3v) is 7.55. The van der Waals surface area contributed by atoms with Crippen LogP contribution in [0.2, 0.25) is 0 Å². The topological polar surface area (TPSA) is 96.7 Å². The van der Waals surface area contributed by atoms with E-state index in [2.05, 4.69) is 0 Å². The number of amides is 1. The van der Waals surface area contributed by atoms with Crippen molar-refractivity contribution in [1.82, 2.24) is 8.87 Å². The van der Waals surface area contributed by atoms with Crippen molar-refractivity contribution in [3.05, 3.63) is 64.6 Å². The molecule has 1 amide bonds. The lowest BCUT2D eigenvalue weighted by Crippen LogP contribution is -2.34. The van der Waals surface area contributed by atoms with Crippen LogP contribution in [0.4, 0.5) is 4.39 Å². The molecule has 0 saturated carbocycles. The second-order valence-corrected chi connectivity index (χ2v) is 9.47. The average Bonchev–Trinajstić information content (AvgIpc) is 2.98. The third-order valence-electron chi connectivity index (χ3n) is 5.75. The Morgan fingerprint density at radius 1 is 1.13 bits per heavy atom. The molecule has 1 aromatic heterocycles. The Labute approximate surface area is 178 Å². The SMILES string of the molecule is CC(=O)N1CCc2cc(S(=O)(=O)n3c(C)c(CC(=O)O)c4cc(F)ccc43)ccc2C1. The molecule has 0 aliphatic carbocycles. The van der Waals surface area contributed by atoms with E-state index in [0.717, 1.165) is 27.2 Å². The zero-order chi connectivity index (χ0) is 22.5. The predicted octanol–water partition coefficient (Wildman–Crippen LogP) is 2.86. The molecule has 1 N–H and O–H groups in total. The highest BCUT2D eigenvalue weighted by atomic mass is 32.2. The Bertz CT molecular complexity index is 1340. The highest BCUT2D eigenvalue weighted by Crippen LogP contribution is 2.32. The van der Waals surface area contributed by atoms with Crippen molar-refractivity contribution in [2.75, 3.05) is 6.54 Å². The van der Waals surface area contributed by atoms with Gasteiger partial charge < -0.3 is 10.0 Å². The van der Waals surface area contributed by atoms with Gasteiger partial charge in [0.25, 0.3) is 10.0 Å². The van der Waals surface area contributed by atoms with E-state index in [1.54, 1.807) is 17.0 Å². The van der Waals surface area contributed by atoms with Crippen molar-refractivity contribution in [2.45, 2.75) is 38.1 Å². The molecule has 0 atom stereocenters. The summed E-state index contributed by atoms with van der Waals surface area (Å²) >= 11 is 0. The van der Waals surface area contributed by atoms with E-state index in [1.807, 2.05) is 0 Å². The molecule has 0 unspecified atom stereocenters. The molecule has 162 valence electrons.